The maximum absolute atomic E-state index is 10.9. The number of aryl methyl sites for hydroxylation is 1. The lowest BCUT2D eigenvalue weighted by atomic mass is 10.1. The summed E-state index contributed by atoms with van der Waals surface area (Å²) in [7, 11) is 0. The lowest BCUT2D eigenvalue weighted by Gasteiger charge is -2.07. The van der Waals surface area contributed by atoms with Gasteiger partial charge < -0.3 is 5.11 Å². The second kappa shape index (κ2) is 6.42. The van der Waals surface area contributed by atoms with Crippen LogP contribution < -0.4 is 5.32 Å². The number of nitriles is 1. The molecule has 0 aromatic heterocycles. The van der Waals surface area contributed by atoms with Crippen molar-refractivity contribution in [3.63, 3.8) is 0 Å². The first kappa shape index (κ1) is 14.5. The van der Waals surface area contributed by atoms with E-state index in [1.54, 1.807) is 19.4 Å². The predicted molar refractivity (Wildman–Crippen MR) is 75.2 cm³/mol. The predicted octanol–water partition coefficient (Wildman–Crippen LogP) is 2.88. The molecule has 0 fully saturated rings. The molecular weight excluding hydrogens is 318 g/mol. The fraction of sp³-hybridized carbons (Fsp3) is 0.182. The number of amidine groups is 1. The van der Waals surface area contributed by atoms with E-state index in [1.165, 1.54) is 23.9 Å². The van der Waals surface area contributed by atoms with Crippen molar-refractivity contribution in [2.75, 3.05) is 6.26 Å². The molecule has 0 saturated carbocycles. The summed E-state index contributed by atoms with van der Waals surface area (Å²) in [6.45, 7) is 1.76. The number of halogens is 1. The Morgan fingerprint density at radius 3 is 2.72 bits per heavy atom. The minimum absolute atomic E-state index is 0.192. The van der Waals surface area contributed by atoms with Crippen LogP contribution in [0.2, 0.25) is 0 Å². The molecule has 2 N–H and O–H groups in total. The van der Waals surface area contributed by atoms with Crippen LogP contribution in [0.4, 0.5) is 5.69 Å². The molecule has 1 aromatic carbocycles. The van der Waals surface area contributed by atoms with Gasteiger partial charge in [-0.15, -0.1) is 0 Å². The number of carboxylic acid groups (broad SMARTS) is 1. The second-order valence-electron chi connectivity index (χ2n) is 3.29. The Morgan fingerprint density at radius 1 is 1.61 bits per heavy atom. The van der Waals surface area contributed by atoms with Gasteiger partial charge in [-0.2, -0.15) is 5.26 Å². The standard InChI is InChI=1S/C11H10BrN3O2S/c1-6-3-7(10(16)17)4-8(12)9(6)15-11(18-2)14-5-13/h3-4H,1-2H3,(H,14,15)(H,16,17). The third kappa shape index (κ3) is 3.48. The lowest BCUT2D eigenvalue weighted by molar-refractivity contribution is 0.0696. The van der Waals surface area contributed by atoms with Gasteiger partial charge >= 0.3 is 5.97 Å². The van der Waals surface area contributed by atoms with Gasteiger partial charge in [0.15, 0.2) is 11.4 Å². The molecule has 0 aliphatic heterocycles. The molecule has 0 heterocycles. The molecule has 0 aliphatic carbocycles. The van der Waals surface area contributed by atoms with Crippen molar-refractivity contribution in [1.29, 1.82) is 5.26 Å². The van der Waals surface area contributed by atoms with E-state index in [-0.39, 0.29) is 5.56 Å². The Balaban J connectivity index is 3.27. The number of hydrogen-bond acceptors (Lipinski definition) is 4. The zero-order chi connectivity index (χ0) is 13.7. The number of benzene rings is 1. The van der Waals surface area contributed by atoms with Crippen molar-refractivity contribution < 1.29 is 9.90 Å². The summed E-state index contributed by atoms with van der Waals surface area (Å²) in [5.74, 6) is -0.991. The molecule has 0 atom stereocenters. The number of carbonyl (C=O) groups is 1. The number of carboxylic acids is 1. The average Bonchev–Trinajstić information content (AvgIpc) is 2.31. The maximum Gasteiger partial charge on any atom is 0.335 e. The fourth-order valence-electron chi connectivity index (χ4n) is 1.28. The summed E-state index contributed by atoms with van der Waals surface area (Å²) < 4.78 is 0.575. The summed E-state index contributed by atoms with van der Waals surface area (Å²) in [4.78, 5) is 15.2. The summed E-state index contributed by atoms with van der Waals surface area (Å²) >= 11 is 4.58. The number of thioether (sulfide) groups is 1. The van der Waals surface area contributed by atoms with Crippen LogP contribution in [-0.4, -0.2) is 22.5 Å². The van der Waals surface area contributed by atoms with Gasteiger partial charge in [0.2, 0.25) is 0 Å². The fourth-order valence-corrected chi connectivity index (χ4v) is 2.25. The van der Waals surface area contributed by atoms with Crippen molar-refractivity contribution in [1.82, 2.24) is 5.32 Å². The highest BCUT2D eigenvalue weighted by atomic mass is 79.9. The summed E-state index contributed by atoms with van der Waals surface area (Å²) in [6, 6.07) is 3.02. The van der Waals surface area contributed by atoms with Gasteiger partial charge in [0.05, 0.1) is 11.3 Å². The van der Waals surface area contributed by atoms with Crippen molar-refractivity contribution in [2.24, 2.45) is 4.99 Å². The Kier molecular flexibility index (Phi) is 5.19. The van der Waals surface area contributed by atoms with Gasteiger partial charge in [-0.05, 0) is 46.8 Å². The van der Waals surface area contributed by atoms with Gasteiger partial charge in [-0.25, -0.2) is 9.79 Å². The molecule has 0 unspecified atom stereocenters. The quantitative estimate of drug-likeness (QED) is 0.377. The van der Waals surface area contributed by atoms with E-state index in [0.29, 0.717) is 20.9 Å². The van der Waals surface area contributed by atoms with Crippen LogP contribution in [0.25, 0.3) is 0 Å². The molecule has 0 spiro atoms. The molecule has 1 rings (SSSR count). The topological polar surface area (TPSA) is 85.5 Å². The van der Waals surface area contributed by atoms with E-state index in [2.05, 4.69) is 26.2 Å². The zero-order valence-electron chi connectivity index (χ0n) is 9.69. The summed E-state index contributed by atoms with van der Waals surface area (Å²) in [5.41, 5.74) is 1.51. The molecular formula is C11H10BrN3O2S. The van der Waals surface area contributed by atoms with Gasteiger partial charge in [0.25, 0.3) is 0 Å². The van der Waals surface area contributed by atoms with Crippen LogP contribution in [0.5, 0.6) is 0 Å². The minimum atomic E-state index is -0.991. The molecule has 94 valence electrons. The third-order valence-corrected chi connectivity index (χ3v) is 3.25. The number of nitrogens with one attached hydrogen (secondary N) is 1. The molecule has 0 saturated heterocycles. The van der Waals surface area contributed by atoms with Crippen LogP contribution in [0.3, 0.4) is 0 Å². The monoisotopic (exact) mass is 327 g/mol. The molecule has 0 bridgehead atoms. The van der Waals surface area contributed by atoms with E-state index in [0.717, 1.165) is 0 Å². The van der Waals surface area contributed by atoms with Gasteiger partial charge in [0, 0.05) is 4.47 Å². The van der Waals surface area contributed by atoms with Crippen molar-refractivity contribution in [3.05, 3.63) is 27.7 Å². The summed E-state index contributed by atoms with van der Waals surface area (Å²) in [5, 5.41) is 20.4. The smallest absolute Gasteiger partial charge is 0.335 e. The normalized spacial score (nSPS) is 10.9. The van der Waals surface area contributed by atoms with Crippen molar-refractivity contribution in [2.45, 2.75) is 6.92 Å². The first-order chi connectivity index (χ1) is 8.49. The maximum atomic E-state index is 10.9. The average molecular weight is 328 g/mol. The SMILES string of the molecule is CSC(=Nc1c(C)cc(C(=O)O)cc1Br)NC#N. The lowest BCUT2D eigenvalue weighted by Crippen LogP contribution is -2.12. The zero-order valence-corrected chi connectivity index (χ0v) is 12.1. The largest absolute Gasteiger partial charge is 0.478 e. The van der Waals surface area contributed by atoms with E-state index < -0.39 is 5.97 Å². The van der Waals surface area contributed by atoms with Crippen LogP contribution in [0, 0.1) is 18.4 Å². The molecule has 18 heavy (non-hydrogen) atoms. The number of aromatic carboxylic acids is 1. The highest BCUT2D eigenvalue weighted by molar-refractivity contribution is 9.10. The molecule has 7 heteroatoms. The van der Waals surface area contributed by atoms with Crippen LogP contribution >= 0.6 is 27.7 Å². The molecule has 1 aromatic rings. The highest BCUT2D eigenvalue weighted by Gasteiger charge is 2.10. The Hall–Kier alpha value is -1.52. The molecule has 0 aliphatic rings. The second-order valence-corrected chi connectivity index (χ2v) is 4.94. The Bertz CT molecular complexity index is 529. The van der Waals surface area contributed by atoms with Crippen molar-refractivity contribution in [3.8, 4) is 6.19 Å². The highest BCUT2D eigenvalue weighted by Crippen LogP contribution is 2.31. The van der Waals surface area contributed by atoms with Crippen LogP contribution in [-0.2, 0) is 0 Å². The van der Waals surface area contributed by atoms with Crippen LogP contribution in [0.15, 0.2) is 21.6 Å². The Labute approximate surface area is 117 Å². The molecule has 5 nitrogen and oxygen atoms in total. The number of aliphatic imine (C=N–C) groups is 1. The first-order valence-electron chi connectivity index (χ1n) is 4.80. The van der Waals surface area contributed by atoms with E-state index in [4.69, 9.17) is 10.4 Å². The van der Waals surface area contributed by atoms with Gasteiger partial charge in [0.1, 0.15) is 0 Å². The van der Waals surface area contributed by atoms with Gasteiger partial charge in [-0.1, -0.05) is 11.8 Å². The number of nitrogens with zero attached hydrogens (tertiary/aromatic N) is 2. The number of hydrogen-bond donors (Lipinski definition) is 2. The Morgan fingerprint density at radius 2 is 2.28 bits per heavy atom. The van der Waals surface area contributed by atoms with E-state index >= 15 is 0 Å². The molecule has 0 radical (unpaired) electrons. The first-order valence-corrected chi connectivity index (χ1v) is 6.82. The van der Waals surface area contributed by atoms with Crippen molar-refractivity contribution >= 4 is 44.5 Å². The minimum Gasteiger partial charge on any atom is -0.478 e. The van der Waals surface area contributed by atoms with E-state index in [9.17, 15) is 4.79 Å². The third-order valence-electron chi connectivity index (χ3n) is 2.07. The van der Waals surface area contributed by atoms with Crippen LogP contribution in [0.1, 0.15) is 15.9 Å². The molecule has 0 amide bonds. The van der Waals surface area contributed by atoms with E-state index in [1.807, 2.05) is 0 Å². The van der Waals surface area contributed by atoms with Gasteiger partial charge in [-0.3, -0.25) is 5.32 Å². The summed E-state index contributed by atoms with van der Waals surface area (Å²) in [6.07, 6.45) is 3.59. The number of rotatable bonds is 2.